The Morgan fingerprint density at radius 3 is 2.33 bits per heavy atom. The van der Waals surface area contributed by atoms with Crippen molar-refractivity contribution in [2.45, 2.75) is 44.2 Å². The molecule has 0 unspecified atom stereocenters. The molecule has 0 heterocycles. The molecule has 7 nitrogen and oxygen atoms in total. The molecule has 0 fully saturated rings. The number of methoxy groups -OCH3 is 1. The SMILES string of the molecule is COCCCNS(=O)(=O)c1ccc(O[C@@H](C)C(=O)NC(C)C)cc1. The Balaban J connectivity index is 2.63. The molecule has 0 aliphatic rings. The number of hydrogen-bond donors (Lipinski definition) is 2. The van der Waals surface area contributed by atoms with Gasteiger partial charge in [-0.3, -0.25) is 4.79 Å². The van der Waals surface area contributed by atoms with Crippen LogP contribution in [0.4, 0.5) is 0 Å². The van der Waals surface area contributed by atoms with Crippen LogP contribution in [0.3, 0.4) is 0 Å². The van der Waals surface area contributed by atoms with Crippen LogP contribution in [0.5, 0.6) is 5.75 Å². The molecule has 1 aromatic rings. The maximum atomic E-state index is 12.1. The summed E-state index contributed by atoms with van der Waals surface area (Å²) in [6.07, 6.45) is -0.0682. The first-order chi connectivity index (χ1) is 11.3. The van der Waals surface area contributed by atoms with E-state index in [2.05, 4.69) is 10.0 Å². The van der Waals surface area contributed by atoms with Crippen molar-refractivity contribution in [1.82, 2.24) is 10.0 Å². The molecule has 0 aliphatic carbocycles. The fourth-order valence-corrected chi connectivity index (χ4v) is 2.94. The molecular formula is C16H26N2O5S. The van der Waals surface area contributed by atoms with Gasteiger partial charge in [0.2, 0.25) is 10.0 Å². The van der Waals surface area contributed by atoms with E-state index in [1.54, 1.807) is 14.0 Å². The van der Waals surface area contributed by atoms with Gasteiger partial charge in [0.05, 0.1) is 4.90 Å². The predicted molar refractivity (Wildman–Crippen MR) is 91.5 cm³/mol. The van der Waals surface area contributed by atoms with Crippen LogP contribution in [0.15, 0.2) is 29.2 Å². The summed E-state index contributed by atoms with van der Waals surface area (Å²) in [6.45, 7) is 6.17. The lowest BCUT2D eigenvalue weighted by Gasteiger charge is -2.16. The summed E-state index contributed by atoms with van der Waals surface area (Å²) in [4.78, 5) is 11.9. The molecule has 1 rings (SSSR count). The highest BCUT2D eigenvalue weighted by molar-refractivity contribution is 7.89. The Labute approximate surface area is 143 Å². The molecule has 0 bridgehead atoms. The summed E-state index contributed by atoms with van der Waals surface area (Å²) in [5.41, 5.74) is 0. The third-order valence-corrected chi connectivity index (χ3v) is 4.54. The lowest BCUT2D eigenvalue weighted by atomic mass is 10.3. The van der Waals surface area contributed by atoms with E-state index in [0.29, 0.717) is 25.3 Å². The van der Waals surface area contributed by atoms with Gasteiger partial charge in [0.25, 0.3) is 5.91 Å². The number of carbonyl (C=O) groups is 1. The predicted octanol–water partition coefficient (Wildman–Crippen LogP) is 1.29. The van der Waals surface area contributed by atoms with Gasteiger partial charge in [0.15, 0.2) is 6.10 Å². The van der Waals surface area contributed by atoms with Gasteiger partial charge in [-0.25, -0.2) is 13.1 Å². The van der Waals surface area contributed by atoms with Crippen LogP contribution >= 0.6 is 0 Å². The average molecular weight is 358 g/mol. The Hall–Kier alpha value is -1.64. The van der Waals surface area contributed by atoms with Crippen molar-refractivity contribution >= 4 is 15.9 Å². The van der Waals surface area contributed by atoms with E-state index in [-0.39, 0.29) is 16.8 Å². The number of ether oxygens (including phenoxy) is 2. The summed E-state index contributed by atoms with van der Waals surface area (Å²) in [6, 6.07) is 5.98. The molecular weight excluding hydrogens is 332 g/mol. The first-order valence-corrected chi connectivity index (χ1v) is 9.30. The summed E-state index contributed by atoms with van der Waals surface area (Å²) in [7, 11) is -1.99. The molecule has 0 saturated carbocycles. The molecule has 0 saturated heterocycles. The number of hydrogen-bond acceptors (Lipinski definition) is 5. The van der Waals surface area contributed by atoms with Crippen molar-refractivity contribution in [3.63, 3.8) is 0 Å². The smallest absolute Gasteiger partial charge is 0.260 e. The van der Waals surface area contributed by atoms with Crippen molar-refractivity contribution in [2.75, 3.05) is 20.3 Å². The highest BCUT2D eigenvalue weighted by Gasteiger charge is 2.17. The second-order valence-electron chi connectivity index (χ2n) is 5.64. The highest BCUT2D eigenvalue weighted by atomic mass is 32.2. The van der Waals surface area contributed by atoms with Crippen LogP contribution in [0.1, 0.15) is 27.2 Å². The molecule has 24 heavy (non-hydrogen) atoms. The maximum absolute atomic E-state index is 12.1. The van der Waals surface area contributed by atoms with E-state index in [0.717, 1.165) is 0 Å². The minimum atomic E-state index is -3.56. The Kier molecular flexibility index (Phi) is 8.17. The number of nitrogens with one attached hydrogen (secondary N) is 2. The van der Waals surface area contributed by atoms with E-state index in [1.807, 2.05) is 13.8 Å². The molecule has 0 radical (unpaired) electrons. The molecule has 0 aliphatic heterocycles. The lowest BCUT2D eigenvalue weighted by Crippen LogP contribution is -2.40. The fourth-order valence-electron chi connectivity index (χ4n) is 1.86. The second kappa shape index (κ2) is 9.61. The van der Waals surface area contributed by atoms with Crippen LogP contribution in [0, 0.1) is 0 Å². The van der Waals surface area contributed by atoms with E-state index < -0.39 is 16.1 Å². The molecule has 0 spiro atoms. The maximum Gasteiger partial charge on any atom is 0.260 e. The first-order valence-electron chi connectivity index (χ1n) is 7.82. The molecule has 2 N–H and O–H groups in total. The Bertz CT molecular complexity index is 614. The van der Waals surface area contributed by atoms with Gasteiger partial charge in [-0.2, -0.15) is 0 Å². The van der Waals surface area contributed by atoms with Gasteiger partial charge in [-0.05, 0) is 51.5 Å². The molecule has 0 aromatic heterocycles. The highest BCUT2D eigenvalue weighted by Crippen LogP contribution is 2.17. The van der Waals surface area contributed by atoms with Gasteiger partial charge < -0.3 is 14.8 Å². The van der Waals surface area contributed by atoms with Gasteiger partial charge in [-0.1, -0.05) is 0 Å². The largest absolute Gasteiger partial charge is 0.481 e. The number of carbonyl (C=O) groups excluding carboxylic acids is 1. The molecule has 8 heteroatoms. The minimum Gasteiger partial charge on any atom is -0.481 e. The van der Waals surface area contributed by atoms with Gasteiger partial charge >= 0.3 is 0 Å². The van der Waals surface area contributed by atoms with Crippen molar-refractivity contribution in [3.8, 4) is 5.75 Å². The van der Waals surface area contributed by atoms with Crippen molar-refractivity contribution in [3.05, 3.63) is 24.3 Å². The average Bonchev–Trinajstić information content (AvgIpc) is 2.51. The number of sulfonamides is 1. The van der Waals surface area contributed by atoms with Gasteiger partial charge in [0.1, 0.15) is 5.75 Å². The third-order valence-electron chi connectivity index (χ3n) is 3.06. The Morgan fingerprint density at radius 1 is 1.17 bits per heavy atom. The monoisotopic (exact) mass is 358 g/mol. The van der Waals surface area contributed by atoms with Crippen molar-refractivity contribution in [2.24, 2.45) is 0 Å². The van der Waals surface area contributed by atoms with E-state index in [9.17, 15) is 13.2 Å². The summed E-state index contributed by atoms with van der Waals surface area (Å²) >= 11 is 0. The molecule has 1 amide bonds. The van der Waals surface area contributed by atoms with Crippen LogP contribution in [-0.2, 0) is 19.6 Å². The standard InChI is InChI=1S/C16H26N2O5S/c1-12(2)18-16(19)13(3)23-14-6-8-15(9-7-14)24(20,21)17-10-5-11-22-4/h6-9,12-13,17H,5,10-11H2,1-4H3,(H,18,19)/t13-/m0/s1. The molecule has 1 aromatic carbocycles. The third kappa shape index (κ3) is 6.86. The minimum absolute atomic E-state index is 0.0280. The Morgan fingerprint density at radius 2 is 1.79 bits per heavy atom. The van der Waals surface area contributed by atoms with Crippen LogP contribution < -0.4 is 14.8 Å². The second-order valence-corrected chi connectivity index (χ2v) is 7.41. The summed E-state index contributed by atoms with van der Waals surface area (Å²) in [5, 5.41) is 2.75. The fraction of sp³-hybridized carbons (Fsp3) is 0.562. The molecule has 136 valence electrons. The summed E-state index contributed by atoms with van der Waals surface area (Å²) < 4.78 is 37.1. The number of benzene rings is 1. The van der Waals surface area contributed by atoms with Crippen molar-refractivity contribution in [1.29, 1.82) is 0 Å². The van der Waals surface area contributed by atoms with Crippen LogP contribution in [-0.4, -0.2) is 46.7 Å². The normalized spacial score (nSPS) is 12.9. The van der Waals surface area contributed by atoms with Crippen molar-refractivity contribution < 1.29 is 22.7 Å². The van der Waals surface area contributed by atoms with E-state index in [4.69, 9.17) is 9.47 Å². The zero-order chi connectivity index (χ0) is 18.2. The molecule has 1 atom stereocenters. The van der Waals surface area contributed by atoms with Crippen LogP contribution in [0.25, 0.3) is 0 Å². The quantitative estimate of drug-likeness (QED) is 0.615. The number of amides is 1. The zero-order valence-corrected chi connectivity index (χ0v) is 15.4. The topological polar surface area (TPSA) is 93.7 Å². The van der Waals surface area contributed by atoms with E-state index in [1.165, 1.54) is 24.3 Å². The zero-order valence-electron chi connectivity index (χ0n) is 14.5. The number of rotatable bonds is 10. The van der Waals surface area contributed by atoms with Gasteiger partial charge in [-0.15, -0.1) is 0 Å². The van der Waals surface area contributed by atoms with Crippen LogP contribution in [0.2, 0.25) is 0 Å². The lowest BCUT2D eigenvalue weighted by molar-refractivity contribution is -0.127. The summed E-state index contributed by atoms with van der Waals surface area (Å²) in [5.74, 6) is 0.209. The first kappa shape index (κ1) is 20.4. The van der Waals surface area contributed by atoms with Gasteiger partial charge in [0, 0.05) is 26.3 Å². The van der Waals surface area contributed by atoms with E-state index >= 15 is 0 Å².